The predicted octanol–water partition coefficient (Wildman–Crippen LogP) is 3.83. The lowest BCUT2D eigenvalue weighted by molar-refractivity contribution is -0.121. The van der Waals surface area contributed by atoms with Crippen LogP contribution in [0.15, 0.2) is 54.6 Å². The summed E-state index contributed by atoms with van der Waals surface area (Å²) in [5, 5.41) is 11.7. The number of nitriles is 1. The highest BCUT2D eigenvalue weighted by Crippen LogP contribution is 2.21. The van der Waals surface area contributed by atoms with Gasteiger partial charge in [0.1, 0.15) is 12.4 Å². The molecule has 0 aromatic heterocycles. The maximum atomic E-state index is 12.5. The quantitative estimate of drug-likeness (QED) is 0.812. The maximum absolute atomic E-state index is 12.5. The van der Waals surface area contributed by atoms with Gasteiger partial charge in [-0.25, -0.2) is 0 Å². The van der Waals surface area contributed by atoms with Crippen molar-refractivity contribution in [2.75, 3.05) is 25.0 Å². The van der Waals surface area contributed by atoms with Crippen LogP contribution in [0.5, 0.6) is 5.75 Å². The monoisotopic (exact) mass is 363 g/mol. The lowest BCUT2D eigenvalue weighted by atomic mass is 9.95. The molecule has 27 heavy (non-hydrogen) atoms. The van der Waals surface area contributed by atoms with Crippen LogP contribution in [0.3, 0.4) is 0 Å². The van der Waals surface area contributed by atoms with Crippen LogP contribution in [0.1, 0.15) is 24.8 Å². The molecule has 1 heterocycles. The van der Waals surface area contributed by atoms with Gasteiger partial charge >= 0.3 is 0 Å². The fourth-order valence-corrected chi connectivity index (χ4v) is 3.25. The second-order valence-electron chi connectivity index (χ2n) is 6.81. The molecule has 0 saturated carbocycles. The SMILES string of the molecule is N#CCCN1CCC(C(=O)Nc2ccc(OCc3ccccc3)cc2)CC1. The number of nitrogens with one attached hydrogen (secondary N) is 1. The van der Waals surface area contributed by atoms with E-state index in [9.17, 15) is 4.79 Å². The molecule has 5 heteroatoms. The number of carbonyl (C=O) groups is 1. The van der Waals surface area contributed by atoms with Crippen molar-refractivity contribution < 1.29 is 9.53 Å². The van der Waals surface area contributed by atoms with E-state index in [0.29, 0.717) is 13.0 Å². The van der Waals surface area contributed by atoms with E-state index in [-0.39, 0.29) is 11.8 Å². The Hall–Kier alpha value is -2.84. The van der Waals surface area contributed by atoms with E-state index < -0.39 is 0 Å². The lowest BCUT2D eigenvalue weighted by Gasteiger charge is -2.30. The molecule has 1 aliphatic heterocycles. The molecule has 1 saturated heterocycles. The van der Waals surface area contributed by atoms with E-state index in [1.54, 1.807) is 0 Å². The van der Waals surface area contributed by atoms with Crippen LogP contribution in [0.2, 0.25) is 0 Å². The number of rotatable bonds is 7. The molecule has 3 rings (SSSR count). The number of amides is 1. The van der Waals surface area contributed by atoms with Gasteiger partial charge < -0.3 is 15.0 Å². The van der Waals surface area contributed by atoms with Crippen LogP contribution < -0.4 is 10.1 Å². The minimum atomic E-state index is 0.0392. The molecule has 2 aromatic carbocycles. The zero-order valence-electron chi connectivity index (χ0n) is 15.4. The molecule has 1 N–H and O–H groups in total. The van der Waals surface area contributed by atoms with Gasteiger partial charge in [0, 0.05) is 24.6 Å². The first-order valence-electron chi connectivity index (χ1n) is 9.41. The zero-order valence-corrected chi connectivity index (χ0v) is 15.4. The van der Waals surface area contributed by atoms with Crippen molar-refractivity contribution in [3.63, 3.8) is 0 Å². The lowest BCUT2D eigenvalue weighted by Crippen LogP contribution is -2.38. The molecule has 0 unspecified atom stereocenters. The summed E-state index contributed by atoms with van der Waals surface area (Å²) in [6.45, 7) is 3.09. The topological polar surface area (TPSA) is 65.4 Å². The average molecular weight is 363 g/mol. The number of nitrogens with zero attached hydrogens (tertiary/aromatic N) is 2. The number of carbonyl (C=O) groups excluding carboxylic acids is 1. The predicted molar refractivity (Wildman–Crippen MR) is 105 cm³/mol. The van der Waals surface area contributed by atoms with Crippen molar-refractivity contribution >= 4 is 11.6 Å². The number of likely N-dealkylation sites (tertiary alicyclic amines) is 1. The van der Waals surface area contributed by atoms with Crippen LogP contribution in [0, 0.1) is 17.2 Å². The first-order valence-corrected chi connectivity index (χ1v) is 9.41. The number of ether oxygens (including phenoxy) is 1. The van der Waals surface area contributed by atoms with Gasteiger partial charge in [-0.3, -0.25) is 4.79 Å². The fourth-order valence-electron chi connectivity index (χ4n) is 3.25. The molecule has 0 bridgehead atoms. The van der Waals surface area contributed by atoms with E-state index in [2.05, 4.69) is 16.3 Å². The number of hydrogen-bond donors (Lipinski definition) is 1. The molecular formula is C22H25N3O2. The Kier molecular flexibility index (Phi) is 6.84. The van der Waals surface area contributed by atoms with E-state index in [4.69, 9.17) is 10.00 Å². The third kappa shape index (κ3) is 5.83. The Bertz CT molecular complexity index is 760. The summed E-state index contributed by atoms with van der Waals surface area (Å²) in [4.78, 5) is 14.7. The Morgan fingerprint density at radius 2 is 1.81 bits per heavy atom. The summed E-state index contributed by atoms with van der Waals surface area (Å²) in [5.41, 5.74) is 1.91. The molecule has 0 radical (unpaired) electrons. The van der Waals surface area contributed by atoms with Gasteiger partial charge in [0.05, 0.1) is 6.07 Å². The fraction of sp³-hybridized carbons (Fsp3) is 0.364. The smallest absolute Gasteiger partial charge is 0.227 e. The Balaban J connectivity index is 1.44. The average Bonchev–Trinajstić information content (AvgIpc) is 2.73. The Morgan fingerprint density at radius 1 is 1.11 bits per heavy atom. The Labute approximate surface area is 160 Å². The van der Waals surface area contributed by atoms with Crippen molar-refractivity contribution in [3.05, 3.63) is 60.2 Å². The molecule has 2 aromatic rings. The van der Waals surface area contributed by atoms with Gasteiger partial charge in [0.2, 0.25) is 5.91 Å². The molecule has 0 aliphatic carbocycles. The summed E-state index contributed by atoms with van der Waals surface area (Å²) in [5.74, 6) is 0.896. The molecule has 1 aliphatic rings. The number of hydrogen-bond acceptors (Lipinski definition) is 4. The second kappa shape index (κ2) is 9.75. The Morgan fingerprint density at radius 3 is 2.48 bits per heavy atom. The molecule has 140 valence electrons. The molecule has 1 fully saturated rings. The third-order valence-electron chi connectivity index (χ3n) is 4.87. The van der Waals surface area contributed by atoms with E-state index in [0.717, 1.165) is 49.5 Å². The van der Waals surface area contributed by atoms with Crippen molar-refractivity contribution in [1.82, 2.24) is 4.90 Å². The van der Waals surface area contributed by atoms with Crippen LogP contribution >= 0.6 is 0 Å². The van der Waals surface area contributed by atoms with Crippen LogP contribution in [0.25, 0.3) is 0 Å². The van der Waals surface area contributed by atoms with Gasteiger partial charge in [-0.1, -0.05) is 30.3 Å². The number of piperidine rings is 1. The molecule has 5 nitrogen and oxygen atoms in total. The number of benzene rings is 2. The third-order valence-corrected chi connectivity index (χ3v) is 4.87. The summed E-state index contributed by atoms with van der Waals surface area (Å²) in [6.07, 6.45) is 2.24. The standard InChI is InChI=1S/C22H25N3O2/c23-13-4-14-25-15-11-19(12-16-25)22(26)24-20-7-9-21(10-8-20)27-17-18-5-2-1-3-6-18/h1-3,5-10,19H,4,11-12,14-17H2,(H,24,26). The minimum absolute atomic E-state index is 0.0392. The summed E-state index contributed by atoms with van der Waals surface area (Å²) >= 11 is 0. The van der Waals surface area contributed by atoms with Gasteiger partial charge in [0.15, 0.2) is 0 Å². The normalized spacial score (nSPS) is 15.1. The van der Waals surface area contributed by atoms with Crippen molar-refractivity contribution in [1.29, 1.82) is 5.26 Å². The van der Waals surface area contributed by atoms with Gasteiger partial charge in [0.25, 0.3) is 0 Å². The zero-order chi connectivity index (χ0) is 18.9. The van der Waals surface area contributed by atoms with E-state index in [1.807, 2.05) is 54.6 Å². The molecule has 1 amide bonds. The maximum Gasteiger partial charge on any atom is 0.227 e. The van der Waals surface area contributed by atoms with Gasteiger partial charge in [-0.2, -0.15) is 5.26 Å². The molecular weight excluding hydrogens is 338 g/mol. The second-order valence-corrected chi connectivity index (χ2v) is 6.81. The first kappa shape index (κ1) is 18.9. The summed E-state index contributed by atoms with van der Waals surface area (Å²) in [6, 6.07) is 19.7. The van der Waals surface area contributed by atoms with Gasteiger partial charge in [-0.05, 0) is 55.8 Å². The number of anilines is 1. The van der Waals surface area contributed by atoms with Crippen molar-refractivity contribution in [2.24, 2.45) is 5.92 Å². The first-order chi connectivity index (χ1) is 13.2. The highest BCUT2D eigenvalue weighted by atomic mass is 16.5. The van der Waals surface area contributed by atoms with E-state index >= 15 is 0 Å². The van der Waals surface area contributed by atoms with Crippen LogP contribution in [0.4, 0.5) is 5.69 Å². The molecule has 0 spiro atoms. The largest absolute Gasteiger partial charge is 0.489 e. The highest BCUT2D eigenvalue weighted by Gasteiger charge is 2.24. The van der Waals surface area contributed by atoms with Gasteiger partial charge in [-0.15, -0.1) is 0 Å². The minimum Gasteiger partial charge on any atom is -0.489 e. The van der Waals surface area contributed by atoms with Crippen LogP contribution in [-0.2, 0) is 11.4 Å². The highest BCUT2D eigenvalue weighted by molar-refractivity contribution is 5.92. The molecule has 0 atom stereocenters. The van der Waals surface area contributed by atoms with E-state index in [1.165, 1.54) is 0 Å². The van der Waals surface area contributed by atoms with Crippen LogP contribution in [-0.4, -0.2) is 30.4 Å². The van der Waals surface area contributed by atoms with Crippen molar-refractivity contribution in [3.8, 4) is 11.8 Å². The summed E-state index contributed by atoms with van der Waals surface area (Å²) < 4.78 is 5.77. The van der Waals surface area contributed by atoms with Crippen molar-refractivity contribution in [2.45, 2.75) is 25.9 Å². The summed E-state index contributed by atoms with van der Waals surface area (Å²) in [7, 11) is 0.